The van der Waals surface area contributed by atoms with Gasteiger partial charge in [0, 0.05) is 12.6 Å². The van der Waals surface area contributed by atoms with Crippen LogP contribution >= 0.6 is 0 Å². The maximum atomic E-state index is 6.31. The molecule has 2 nitrogen and oxygen atoms in total. The van der Waals surface area contributed by atoms with E-state index in [-0.39, 0.29) is 5.41 Å². The molecule has 0 aromatic carbocycles. The van der Waals surface area contributed by atoms with E-state index in [1.165, 1.54) is 58.0 Å². The third-order valence-corrected chi connectivity index (χ3v) is 5.40. The fraction of sp³-hybridized carbons (Fsp3) is 1.00. The normalized spacial score (nSPS) is 27.3. The maximum absolute atomic E-state index is 6.31. The number of nitrogens with two attached hydrogens (primary N) is 1. The molecule has 18 heavy (non-hydrogen) atoms. The Kier molecular flexibility index (Phi) is 4.38. The van der Waals surface area contributed by atoms with Crippen molar-refractivity contribution in [2.75, 3.05) is 19.6 Å². The van der Waals surface area contributed by atoms with Crippen molar-refractivity contribution in [1.82, 2.24) is 4.90 Å². The molecule has 1 aliphatic heterocycles. The lowest BCUT2D eigenvalue weighted by molar-refractivity contribution is 0.0580. The Morgan fingerprint density at radius 1 is 1.00 bits per heavy atom. The summed E-state index contributed by atoms with van der Waals surface area (Å²) >= 11 is 0. The summed E-state index contributed by atoms with van der Waals surface area (Å²) in [6, 6.07) is 0.304. The standard InChI is InChI=1S/C16H32N2/c1-15(2,3)14(17)13-18-11-9-16(10-12-18)7-5-4-6-8-16/h14H,4-13,17H2,1-3H3. The Morgan fingerprint density at radius 2 is 1.56 bits per heavy atom. The second-order valence-corrected chi connectivity index (χ2v) is 7.83. The van der Waals surface area contributed by atoms with Crippen LogP contribution in [-0.4, -0.2) is 30.6 Å². The second-order valence-electron chi connectivity index (χ2n) is 7.83. The first kappa shape index (κ1) is 14.3. The Morgan fingerprint density at radius 3 is 2.06 bits per heavy atom. The molecule has 0 bridgehead atoms. The number of likely N-dealkylation sites (tertiary alicyclic amines) is 1. The van der Waals surface area contributed by atoms with E-state index in [2.05, 4.69) is 25.7 Å². The molecule has 1 heterocycles. The highest BCUT2D eigenvalue weighted by molar-refractivity contribution is 4.90. The summed E-state index contributed by atoms with van der Waals surface area (Å²) in [4.78, 5) is 2.61. The van der Waals surface area contributed by atoms with Crippen molar-refractivity contribution in [3.63, 3.8) is 0 Å². The molecule has 2 N–H and O–H groups in total. The summed E-state index contributed by atoms with van der Waals surface area (Å²) in [6.07, 6.45) is 10.2. The zero-order valence-corrected chi connectivity index (χ0v) is 12.7. The van der Waals surface area contributed by atoms with Gasteiger partial charge in [-0.2, -0.15) is 0 Å². The van der Waals surface area contributed by atoms with Crippen LogP contribution in [0.2, 0.25) is 0 Å². The Balaban J connectivity index is 1.79. The molecule has 2 fully saturated rings. The van der Waals surface area contributed by atoms with Gasteiger partial charge in [0.05, 0.1) is 0 Å². The summed E-state index contributed by atoms with van der Waals surface area (Å²) in [5.41, 5.74) is 7.27. The van der Waals surface area contributed by atoms with Gasteiger partial charge < -0.3 is 10.6 Å². The van der Waals surface area contributed by atoms with E-state index in [9.17, 15) is 0 Å². The predicted octanol–water partition coefficient (Wildman–Crippen LogP) is 3.41. The zero-order chi connectivity index (χ0) is 13.2. The van der Waals surface area contributed by atoms with E-state index in [4.69, 9.17) is 5.73 Å². The zero-order valence-electron chi connectivity index (χ0n) is 12.7. The van der Waals surface area contributed by atoms with Crippen molar-refractivity contribution in [3.05, 3.63) is 0 Å². The monoisotopic (exact) mass is 252 g/mol. The summed E-state index contributed by atoms with van der Waals surface area (Å²) in [5, 5.41) is 0. The quantitative estimate of drug-likeness (QED) is 0.816. The fourth-order valence-corrected chi connectivity index (χ4v) is 3.56. The SMILES string of the molecule is CC(C)(C)C(N)CN1CCC2(CCCCC2)CC1. The molecule has 0 amide bonds. The van der Waals surface area contributed by atoms with Gasteiger partial charge in [-0.3, -0.25) is 0 Å². The van der Waals surface area contributed by atoms with Crippen molar-refractivity contribution in [3.8, 4) is 0 Å². The Hall–Kier alpha value is -0.0800. The van der Waals surface area contributed by atoms with E-state index < -0.39 is 0 Å². The van der Waals surface area contributed by atoms with Crippen molar-refractivity contribution in [2.24, 2.45) is 16.6 Å². The van der Waals surface area contributed by atoms with Crippen LogP contribution in [0.5, 0.6) is 0 Å². The van der Waals surface area contributed by atoms with Gasteiger partial charge in [-0.1, -0.05) is 40.0 Å². The molecular weight excluding hydrogens is 220 g/mol. The summed E-state index contributed by atoms with van der Waals surface area (Å²) in [7, 11) is 0. The van der Waals surface area contributed by atoms with Crippen LogP contribution < -0.4 is 5.73 Å². The predicted molar refractivity (Wildman–Crippen MR) is 78.6 cm³/mol. The van der Waals surface area contributed by atoms with Crippen LogP contribution in [-0.2, 0) is 0 Å². The minimum absolute atomic E-state index is 0.236. The molecule has 2 heteroatoms. The molecule has 2 rings (SSSR count). The molecule has 1 saturated heterocycles. The molecule has 1 saturated carbocycles. The van der Waals surface area contributed by atoms with Crippen molar-refractivity contribution < 1.29 is 0 Å². The number of hydrogen-bond acceptors (Lipinski definition) is 2. The van der Waals surface area contributed by atoms with Gasteiger partial charge in [-0.05, 0) is 49.6 Å². The molecule has 0 radical (unpaired) electrons. The molecule has 0 aromatic heterocycles. The van der Waals surface area contributed by atoms with Crippen LogP contribution in [0.3, 0.4) is 0 Å². The largest absolute Gasteiger partial charge is 0.326 e. The lowest BCUT2D eigenvalue weighted by Gasteiger charge is -2.45. The lowest BCUT2D eigenvalue weighted by Crippen LogP contribution is -2.49. The molecule has 1 aliphatic carbocycles. The summed E-state index contributed by atoms with van der Waals surface area (Å²) in [6.45, 7) is 10.4. The van der Waals surface area contributed by atoms with E-state index in [0.717, 1.165) is 12.0 Å². The van der Waals surface area contributed by atoms with Gasteiger partial charge in [-0.15, -0.1) is 0 Å². The topological polar surface area (TPSA) is 29.3 Å². The van der Waals surface area contributed by atoms with Gasteiger partial charge in [0.15, 0.2) is 0 Å². The van der Waals surface area contributed by atoms with Gasteiger partial charge >= 0.3 is 0 Å². The summed E-state index contributed by atoms with van der Waals surface area (Å²) < 4.78 is 0. The third kappa shape index (κ3) is 3.48. The molecule has 2 aliphatic rings. The second kappa shape index (κ2) is 5.50. The van der Waals surface area contributed by atoms with Crippen molar-refractivity contribution in [1.29, 1.82) is 0 Å². The van der Waals surface area contributed by atoms with Gasteiger partial charge in [0.25, 0.3) is 0 Å². The molecular formula is C16H32N2. The van der Waals surface area contributed by atoms with Crippen LogP contribution in [0.1, 0.15) is 65.7 Å². The fourth-order valence-electron chi connectivity index (χ4n) is 3.56. The van der Waals surface area contributed by atoms with E-state index in [0.29, 0.717) is 6.04 Å². The first-order valence-electron chi connectivity index (χ1n) is 7.89. The lowest BCUT2D eigenvalue weighted by atomic mass is 9.68. The van der Waals surface area contributed by atoms with Crippen LogP contribution in [0.4, 0.5) is 0 Å². The Labute approximate surface area is 113 Å². The van der Waals surface area contributed by atoms with Gasteiger partial charge in [-0.25, -0.2) is 0 Å². The minimum atomic E-state index is 0.236. The van der Waals surface area contributed by atoms with E-state index >= 15 is 0 Å². The molecule has 1 atom stereocenters. The van der Waals surface area contributed by atoms with Gasteiger partial charge in [0.2, 0.25) is 0 Å². The summed E-state index contributed by atoms with van der Waals surface area (Å²) in [5.74, 6) is 0. The first-order valence-corrected chi connectivity index (χ1v) is 7.89. The first-order chi connectivity index (χ1) is 8.41. The molecule has 1 spiro atoms. The Bertz CT molecular complexity index is 251. The smallest absolute Gasteiger partial charge is 0.0217 e. The highest BCUT2D eigenvalue weighted by Gasteiger charge is 2.36. The number of hydrogen-bond donors (Lipinski definition) is 1. The van der Waals surface area contributed by atoms with Crippen LogP contribution in [0.25, 0.3) is 0 Å². The average Bonchev–Trinajstić information content (AvgIpc) is 2.32. The van der Waals surface area contributed by atoms with E-state index in [1.807, 2.05) is 0 Å². The van der Waals surface area contributed by atoms with Gasteiger partial charge in [0.1, 0.15) is 0 Å². The highest BCUT2D eigenvalue weighted by Crippen LogP contribution is 2.44. The number of piperidine rings is 1. The molecule has 106 valence electrons. The molecule has 1 unspecified atom stereocenters. The number of nitrogens with zero attached hydrogens (tertiary/aromatic N) is 1. The average molecular weight is 252 g/mol. The van der Waals surface area contributed by atoms with Crippen LogP contribution in [0, 0.1) is 10.8 Å². The van der Waals surface area contributed by atoms with Crippen molar-refractivity contribution in [2.45, 2.75) is 71.8 Å². The third-order valence-electron chi connectivity index (χ3n) is 5.40. The van der Waals surface area contributed by atoms with Crippen molar-refractivity contribution >= 4 is 0 Å². The minimum Gasteiger partial charge on any atom is -0.326 e. The maximum Gasteiger partial charge on any atom is 0.0217 e. The highest BCUT2D eigenvalue weighted by atomic mass is 15.1. The van der Waals surface area contributed by atoms with Crippen LogP contribution in [0.15, 0.2) is 0 Å². The molecule has 0 aromatic rings. The van der Waals surface area contributed by atoms with E-state index in [1.54, 1.807) is 0 Å². The number of rotatable bonds is 2.